The van der Waals surface area contributed by atoms with Crippen molar-refractivity contribution >= 4 is 17.6 Å². The maximum atomic E-state index is 12.4. The van der Waals surface area contributed by atoms with Gasteiger partial charge < -0.3 is 15.0 Å². The van der Waals surface area contributed by atoms with Crippen LogP contribution in [0.2, 0.25) is 0 Å². The minimum atomic E-state index is -0.400. The largest absolute Gasteiger partial charge is 0.465 e. The predicted molar refractivity (Wildman–Crippen MR) is 81.4 cm³/mol. The Balaban J connectivity index is 2.11. The van der Waals surface area contributed by atoms with E-state index in [0.29, 0.717) is 11.3 Å². The molecule has 1 aliphatic heterocycles. The molecular formula is C16H22N2O3. The Bertz CT molecular complexity index is 542. The third kappa shape index (κ3) is 3.82. The summed E-state index contributed by atoms with van der Waals surface area (Å²) < 4.78 is 4.71. The van der Waals surface area contributed by atoms with Gasteiger partial charge in [-0.1, -0.05) is 6.07 Å². The van der Waals surface area contributed by atoms with Gasteiger partial charge in [-0.15, -0.1) is 0 Å². The molecule has 0 aliphatic carbocycles. The number of benzene rings is 1. The molecule has 1 atom stereocenters. The van der Waals surface area contributed by atoms with E-state index in [1.54, 1.807) is 12.1 Å². The fourth-order valence-electron chi connectivity index (χ4n) is 2.62. The van der Waals surface area contributed by atoms with E-state index in [9.17, 15) is 9.59 Å². The van der Waals surface area contributed by atoms with Crippen LogP contribution in [0.1, 0.15) is 28.8 Å². The maximum Gasteiger partial charge on any atom is 0.337 e. The van der Waals surface area contributed by atoms with Gasteiger partial charge in [-0.2, -0.15) is 0 Å². The quantitative estimate of drug-likeness (QED) is 0.866. The monoisotopic (exact) mass is 290 g/mol. The Kier molecular flexibility index (Phi) is 4.96. The number of methoxy groups -OCH3 is 1. The van der Waals surface area contributed by atoms with E-state index in [-0.39, 0.29) is 11.8 Å². The number of nitrogens with zero attached hydrogens (tertiary/aromatic N) is 1. The fourth-order valence-corrected chi connectivity index (χ4v) is 2.62. The first-order valence-corrected chi connectivity index (χ1v) is 7.19. The second kappa shape index (κ2) is 6.72. The van der Waals surface area contributed by atoms with Gasteiger partial charge in [0.15, 0.2) is 0 Å². The molecule has 5 heteroatoms. The number of amides is 1. The second-order valence-corrected chi connectivity index (χ2v) is 5.61. The van der Waals surface area contributed by atoms with Gasteiger partial charge >= 0.3 is 5.97 Å². The van der Waals surface area contributed by atoms with Crippen LogP contribution in [-0.2, 0) is 9.53 Å². The third-order valence-corrected chi connectivity index (χ3v) is 3.91. The molecule has 1 amide bonds. The molecule has 2 rings (SSSR count). The summed E-state index contributed by atoms with van der Waals surface area (Å²) in [4.78, 5) is 26.1. The number of aryl methyl sites for hydroxylation is 1. The van der Waals surface area contributed by atoms with Crippen molar-refractivity contribution in [1.82, 2.24) is 4.90 Å². The number of hydrogen-bond donors (Lipinski definition) is 1. The number of nitrogens with one attached hydrogen (secondary N) is 1. The fraction of sp³-hybridized carbons (Fsp3) is 0.500. The van der Waals surface area contributed by atoms with Crippen LogP contribution in [-0.4, -0.2) is 44.0 Å². The van der Waals surface area contributed by atoms with Crippen molar-refractivity contribution < 1.29 is 14.3 Å². The molecular weight excluding hydrogens is 268 g/mol. The summed E-state index contributed by atoms with van der Waals surface area (Å²) in [6, 6.07) is 5.19. The number of anilines is 1. The number of carbonyl (C=O) groups is 2. The van der Waals surface area contributed by atoms with Gasteiger partial charge in [0.1, 0.15) is 0 Å². The second-order valence-electron chi connectivity index (χ2n) is 5.61. The number of ether oxygens (including phenoxy) is 1. The number of esters is 1. The standard InChI is InChI=1S/C16H22N2O3/c1-11-6-7-12(16(20)21-3)9-14(11)17-15(19)13-5-4-8-18(2)10-13/h6-7,9,13H,4-5,8,10H2,1-3H3,(H,17,19)/t13-/m0/s1. The van der Waals surface area contributed by atoms with Crippen LogP contribution in [0.3, 0.4) is 0 Å². The van der Waals surface area contributed by atoms with Crippen LogP contribution in [0.25, 0.3) is 0 Å². The minimum Gasteiger partial charge on any atom is -0.465 e. The highest BCUT2D eigenvalue weighted by Crippen LogP contribution is 2.21. The summed E-state index contributed by atoms with van der Waals surface area (Å²) in [5, 5.41) is 2.95. The van der Waals surface area contributed by atoms with Crippen molar-refractivity contribution in [1.29, 1.82) is 0 Å². The maximum absolute atomic E-state index is 12.4. The van der Waals surface area contributed by atoms with E-state index in [2.05, 4.69) is 10.2 Å². The van der Waals surface area contributed by atoms with Gasteiger partial charge in [0.2, 0.25) is 5.91 Å². The van der Waals surface area contributed by atoms with Crippen LogP contribution >= 0.6 is 0 Å². The lowest BCUT2D eigenvalue weighted by Crippen LogP contribution is -2.38. The highest BCUT2D eigenvalue weighted by molar-refractivity contribution is 5.96. The number of carbonyl (C=O) groups excluding carboxylic acids is 2. The molecule has 0 unspecified atom stereocenters. The summed E-state index contributed by atoms with van der Waals surface area (Å²) in [6.07, 6.45) is 1.95. The predicted octanol–water partition coefficient (Wildman–Crippen LogP) is 2.06. The van der Waals surface area contributed by atoms with Crippen molar-refractivity contribution in [3.05, 3.63) is 29.3 Å². The average Bonchev–Trinajstić information content (AvgIpc) is 2.48. The van der Waals surface area contributed by atoms with Crippen LogP contribution in [0.5, 0.6) is 0 Å². The Labute approximate surface area is 125 Å². The van der Waals surface area contributed by atoms with Gasteiger partial charge in [0, 0.05) is 12.2 Å². The van der Waals surface area contributed by atoms with Crippen molar-refractivity contribution in [3.63, 3.8) is 0 Å². The zero-order valence-electron chi connectivity index (χ0n) is 12.8. The van der Waals surface area contributed by atoms with Gasteiger partial charge in [-0.05, 0) is 51.1 Å². The normalized spacial score (nSPS) is 19.1. The Hall–Kier alpha value is -1.88. The smallest absolute Gasteiger partial charge is 0.337 e. The summed E-state index contributed by atoms with van der Waals surface area (Å²) in [6.45, 7) is 3.73. The molecule has 21 heavy (non-hydrogen) atoms. The highest BCUT2D eigenvalue weighted by Gasteiger charge is 2.24. The molecule has 1 aromatic carbocycles. The average molecular weight is 290 g/mol. The Morgan fingerprint density at radius 3 is 2.81 bits per heavy atom. The van der Waals surface area contributed by atoms with Crippen molar-refractivity contribution in [3.8, 4) is 0 Å². The van der Waals surface area contributed by atoms with Crippen molar-refractivity contribution in [2.45, 2.75) is 19.8 Å². The molecule has 0 radical (unpaired) electrons. The zero-order chi connectivity index (χ0) is 15.4. The lowest BCUT2D eigenvalue weighted by molar-refractivity contribution is -0.121. The van der Waals surface area contributed by atoms with Crippen LogP contribution in [0.15, 0.2) is 18.2 Å². The number of likely N-dealkylation sites (tertiary alicyclic amines) is 1. The van der Waals surface area contributed by atoms with Gasteiger partial charge in [-0.25, -0.2) is 4.79 Å². The molecule has 0 bridgehead atoms. The van der Waals surface area contributed by atoms with E-state index in [0.717, 1.165) is 31.5 Å². The van der Waals surface area contributed by atoms with E-state index in [1.807, 2.05) is 20.0 Å². The molecule has 1 heterocycles. The Morgan fingerprint density at radius 1 is 1.38 bits per heavy atom. The molecule has 1 saturated heterocycles. The molecule has 1 aliphatic rings. The van der Waals surface area contributed by atoms with Gasteiger partial charge in [0.05, 0.1) is 18.6 Å². The third-order valence-electron chi connectivity index (χ3n) is 3.91. The molecule has 1 N–H and O–H groups in total. The summed E-state index contributed by atoms with van der Waals surface area (Å²) >= 11 is 0. The number of rotatable bonds is 3. The molecule has 0 saturated carbocycles. The first-order valence-electron chi connectivity index (χ1n) is 7.19. The number of piperidine rings is 1. The minimum absolute atomic E-state index is 0.00457. The molecule has 1 fully saturated rings. The zero-order valence-corrected chi connectivity index (χ0v) is 12.8. The van der Waals surface area contributed by atoms with Crippen LogP contribution in [0, 0.1) is 12.8 Å². The van der Waals surface area contributed by atoms with Crippen LogP contribution < -0.4 is 5.32 Å². The highest BCUT2D eigenvalue weighted by atomic mass is 16.5. The van der Waals surface area contributed by atoms with E-state index >= 15 is 0 Å². The molecule has 0 aromatic heterocycles. The summed E-state index contributed by atoms with van der Waals surface area (Å²) in [5.41, 5.74) is 2.05. The number of hydrogen-bond acceptors (Lipinski definition) is 4. The van der Waals surface area contributed by atoms with Gasteiger partial charge in [0.25, 0.3) is 0 Å². The topological polar surface area (TPSA) is 58.6 Å². The lowest BCUT2D eigenvalue weighted by atomic mass is 9.97. The van der Waals surface area contributed by atoms with E-state index < -0.39 is 5.97 Å². The van der Waals surface area contributed by atoms with E-state index in [1.165, 1.54) is 7.11 Å². The molecule has 0 spiro atoms. The molecule has 5 nitrogen and oxygen atoms in total. The molecule has 114 valence electrons. The van der Waals surface area contributed by atoms with E-state index in [4.69, 9.17) is 4.74 Å². The van der Waals surface area contributed by atoms with Crippen LogP contribution in [0.4, 0.5) is 5.69 Å². The van der Waals surface area contributed by atoms with Gasteiger partial charge in [-0.3, -0.25) is 4.79 Å². The van der Waals surface area contributed by atoms with Crippen molar-refractivity contribution in [2.24, 2.45) is 5.92 Å². The SMILES string of the molecule is COC(=O)c1ccc(C)c(NC(=O)[C@H]2CCCN(C)C2)c1. The summed E-state index contributed by atoms with van der Waals surface area (Å²) in [5.74, 6) is -0.375. The molecule has 1 aromatic rings. The first-order chi connectivity index (χ1) is 10.0. The lowest BCUT2D eigenvalue weighted by Gasteiger charge is -2.28. The summed E-state index contributed by atoms with van der Waals surface area (Å²) in [7, 11) is 3.38. The Morgan fingerprint density at radius 2 is 2.14 bits per heavy atom. The van der Waals surface area contributed by atoms with Crippen molar-refractivity contribution in [2.75, 3.05) is 32.6 Å². The first kappa shape index (κ1) is 15.5.